The molecule has 1 fully saturated rings. The van der Waals surface area contributed by atoms with Crippen molar-refractivity contribution in [3.8, 4) is 6.07 Å². The number of thioether (sulfide) groups is 1. The van der Waals surface area contributed by atoms with Gasteiger partial charge >= 0.3 is 0 Å². The minimum Gasteiger partial charge on any atom is -0.351 e. The third kappa shape index (κ3) is 3.34. The van der Waals surface area contributed by atoms with Crippen LogP contribution in [0.5, 0.6) is 0 Å². The predicted molar refractivity (Wildman–Crippen MR) is 69.9 cm³/mol. The van der Waals surface area contributed by atoms with E-state index in [0.29, 0.717) is 17.7 Å². The summed E-state index contributed by atoms with van der Waals surface area (Å²) in [6.45, 7) is 2.20. The van der Waals surface area contributed by atoms with Gasteiger partial charge in [-0.1, -0.05) is 6.92 Å². The summed E-state index contributed by atoms with van der Waals surface area (Å²) in [4.78, 5) is 8.28. The third-order valence-electron chi connectivity index (χ3n) is 2.89. The van der Waals surface area contributed by atoms with Crippen LogP contribution in [0.2, 0.25) is 0 Å². The number of nitrogens with one attached hydrogen (secondary N) is 1. The Hall–Kier alpha value is -1.28. The summed E-state index contributed by atoms with van der Waals surface area (Å²) in [5, 5.41) is 12.8. The van der Waals surface area contributed by atoms with E-state index in [1.54, 1.807) is 12.3 Å². The first-order chi connectivity index (χ1) is 8.31. The maximum atomic E-state index is 8.76. The summed E-state index contributed by atoms with van der Waals surface area (Å²) in [5.41, 5.74) is 0.417. The largest absolute Gasteiger partial charge is 0.351 e. The number of hydrogen-bond acceptors (Lipinski definition) is 5. The smallest absolute Gasteiger partial charge is 0.224 e. The van der Waals surface area contributed by atoms with Crippen LogP contribution in [0.1, 0.15) is 31.9 Å². The summed E-state index contributed by atoms with van der Waals surface area (Å²) in [6.07, 6.45) is 5.21. The van der Waals surface area contributed by atoms with Gasteiger partial charge in [-0.25, -0.2) is 9.97 Å². The Bertz CT molecular complexity index is 415. The number of anilines is 1. The van der Waals surface area contributed by atoms with Crippen LogP contribution in [0.4, 0.5) is 5.95 Å². The number of nitrogens with zero attached hydrogens (tertiary/aromatic N) is 3. The molecule has 0 aromatic carbocycles. The molecule has 2 atom stereocenters. The predicted octanol–water partition coefficient (Wildman–Crippen LogP) is 2.43. The van der Waals surface area contributed by atoms with Gasteiger partial charge < -0.3 is 5.32 Å². The molecular formula is C12H16N4S. The second kappa shape index (κ2) is 5.87. The molecule has 2 rings (SSSR count). The highest BCUT2D eigenvalue weighted by atomic mass is 32.2. The lowest BCUT2D eigenvalue weighted by atomic mass is 10.2. The summed E-state index contributed by atoms with van der Waals surface area (Å²) in [5.74, 6) is 1.76. The Morgan fingerprint density at radius 2 is 2.47 bits per heavy atom. The van der Waals surface area contributed by atoms with Gasteiger partial charge in [0.05, 0.1) is 0 Å². The first kappa shape index (κ1) is 12.2. The average Bonchev–Trinajstić information content (AvgIpc) is 2.77. The van der Waals surface area contributed by atoms with Crippen LogP contribution in [0.3, 0.4) is 0 Å². The van der Waals surface area contributed by atoms with Gasteiger partial charge in [0.1, 0.15) is 11.8 Å². The van der Waals surface area contributed by atoms with E-state index in [1.165, 1.54) is 18.6 Å². The Morgan fingerprint density at radius 1 is 1.59 bits per heavy atom. The van der Waals surface area contributed by atoms with Crippen molar-refractivity contribution in [3.63, 3.8) is 0 Å². The second-order valence-corrected chi connectivity index (χ2v) is 5.69. The SMILES string of the molecule is CCSC1CCC(Nc2nccc(C#N)n2)C1. The van der Waals surface area contributed by atoms with Gasteiger partial charge in [0.2, 0.25) is 5.95 Å². The van der Waals surface area contributed by atoms with E-state index < -0.39 is 0 Å². The summed E-state index contributed by atoms with van der Waals surface area (Å²) < 4.78 is 0. The van der Waals surface area contributed by atoms with E-state index in [2.05, 4.69) is 22.2 Å². The van der Waals surface area contributed by atoms with Gasteiger partial charge in [-0.15, -0.1) is 0 Å². The van der Waals surface area contributed by atoms with Gasteiger partial charge in [-0.3, -0.25) is 0 Å². The molecule has 0 spiro atoms. The van der Waals surface area contributed by atoms with Crippen LogP contribution in [0, 0.1) is 11.3 Å². The molecule has 1 saturated carbocycles. The molecule has 0 radical (unpaired) electrons. The topological polar surface area (TPSA) is 61.6 Å². The molecule has 1 N–H and O–H groups in total. The van der Waals surface area contributed by atoms with Gasteiger partial charge in [0.15, 0.2) is 0 Å². The minimum atomic E-state index is 0.417. The lowest BCUT2D eigenvalue weighted by Gasteiger charge is -2.12. The van der Waals surface area contributed by atoms with Crippen molar-refractivity contribution < 1.29 is 0 Å². The highest BCUT2D eigenvalue weighted by molar-refractivity contribution is 7.99. The maximum Gasteiger partial charge on any atom is 0.224 e. The molecule has 90 valence electrons. The third-order valence-corrected chi connectivity index (χ3v) is 4.12. The Labute approximate surface area is 106 Å². The molecule has 5 heteroatoms. The van der Waals surface area contributed by atoms with Crippen molar-refractivity contribution in [2.24, 2.45) is 0 Å². The Kier molecular flexibility index (Phi) is 4.21. The zero-order chi connectivity index (χ0) is 12.1. The number of hydrogen-bond donors (Lipinski definition) is 1. The lowest BCUT2D eigenvalue weighted by molar-refractivity contribution is 0.745. The van der Waals surface area contributed by atoms with Crippen molar-refractivity contribution in [1.29, 1.82) is 5.26 Å². The van der Waals surface area contributed by atoms with Crippen LogP contribution < -0.4 is 5.32 Å². The summed E-state index contributed by atoms with van der Waals surface area (Å²) in [7, 11) is 0. The van der Waals surface area contributed by atoms with Gasteiger partial charge in [-0.05, 0) is 31.1 Å². The average molecular weight is 248 g/mol. The monoisotopic (exact) mass is 248 g/mol. The van der Waals surface area contributed by atoms with Gasteiger partial charge in [0.25, 0.3) is 0 Å². The molecule has 4 nitrogen and oxygen atoms in total. The zero-order valence-electron chi connectivity index (χ0n) is 9.89. The normalized spacial score (nSPS) is 23.3. The van der Waals surface area contributed by atoms with Gasteiger partial charge in [0, 0.05) is 17.5 Å². The van der Waals surface area contributed by atoms with Crippen molar-refractivity contribution in [2.75, 3.05) is 11.1 Å². The maximum absolute atomic E-state index is 8.76. The molecular weight excluding hydrogens is 232 g/mol. The standard InChI is InChI=1S/C12H16N4S/c1-2-17-11-4-3-9(7-11)15-12-14-6-5-10(8-13)16-12/h5-6,9,11H,2-4,7H2,1H3,(H,14,15,16). The Morgan fingerprint density at radius 3 is 3.24 bits per heavy atom. The molecule has 1 aliphatic rings. The van der Waals surface area contributed by atoms with Crippen LogP contribution in [-0.4, -0.2) is 27.0 Å². The fourth-order valence-corrected chi connectivity index (χ4v) is 3.27. The second-order valence-electron chi connectivity index (χ2n) is 4.11. The Balaban J connectivity index is 1.91. The van der Waals surface area contributed by atoms with E-state index in [4.69, 9.17) is 5.26 Å². The molecule has 0 bridgehead atoms. The molecule has 1 aromatic heterocycles. The highest BCUT2D eigenvalue weighted by Gasteiger charge is 2.24. The first-order valence-electron chi connectivity index (χ1n) is 5.93. The molecule has 1 aliphatic carbocycles. The van der Waals surface area contributed by atoms with Crippen LogP contribution in [-0.2, 0) is 0 Å². The van der Waals surface area contributed by atoms with E-state index >= 15 is 0 Å². The summed E-state index contributed by atoms with van der Waals surface area (Å²) >= 11 is 2.03. The molecule has 17 heavy (non-hydrogen) atoms. The van der Waals surface area contributed by atoms with Crippen LogP contribution in [0.25, 0.3) is 0 Å². The molecule has 0 amide bonds. The molecule has 1 aromatic rings. The van der Waals surface area contributed by atoms with Crippen molar-refractivity contribution >= 4 is 17.7 Å². The highest BCUT2D eigenvalue weighted by Crippen LogP contribution is 2.30. The van der Waals surface area contributed by atoms with Crippen molar-refractivity contribution in [2.45, 2.75) is 37.5 Å². The number of aromatic nitrogens is 2. The number of nitriles is 1. The fourth-order valence-electron chi connectivity index (χ4n) is 2.13. The molecule has 0 saturated heterocycles. The quantitative estimate of drug-likeness (QED) is 0.886. The van der Waals surface area contributed by atoms with E-state index in [-0.39, 0.29) is 0 Å². The molecule has 2 unspecified atom stereocenters. The molecule has 1 heterocycles. The lowest BCUT2D eigenvalue weighted by Crippen LogP contribution is -2.18. The van der Waals surface area contributed by atoms with Crippen LogP contribution in [0.15, 0.2) is 12.3 Å². The number of rotatable bonds is 4. The van der Waals surface area contributed by atoms with Crippen molar-refractivity contribution in [1.82, 2.24) is 9.97 Å². The summed E-state index contributed by atoms with van der Waals surface area (Å²) in [6, 6.07) is 4.10. The molecule has 0 aliphatic heterocycles. The zero-order valence-corrected chi connectivity index (χ0v) is 10.7. The van der Waals surface area contributed by atoms with E-state index in [0.717, 1.165) is 11.7 Å². The fraction of sp³-hybridized carbons (Fsp3) is 0.583. The first-order valence-corrected chi connectivity index (χ1v) is 6.98. The van der Waals surface area contributed by atoms with Crippen molar-refractivity contribution in [3.05, 3.63) is 18.0 Å². The van der Waals surface area contributed by atoms with E-state index in [1.807, 2.05) is 17.8 Å². The van der Waals surface area contributed by atoms with Crippen LogP contribution >= 0.6 is 11.8 Å². The van der Waals surface area contributed by atoms with E-state index in [9.17, 15) is 0 Å². The minimum absolute atomic E-state index is 0.417. The van der Waals surface area contributed by atoms with Gasteiger partial charge in [-0.2, -0.15) is 17.0 Å².